The van der Waals surface area contributed by atoms with E-state index in [2.05, 4.69) is 16.9 Å². The zero-order valence-corrected chi connectivity index (χ0v) is 12.8. The summed E-state index contributed by atoms with van der Waals surface area (Å²) in [4.78, 5) is 22.2. The average molecular weight is 326 g/mol. The van der Waals surface area contributed by atoms with Gasteiger partial charge in [0.2, 0.25) is 0 Å². The van der Waals surface area contributed by atoms with Gasteiger partial charge in [-0.3, -0.25) is 14.9 Å². The van der Waals surface area contributed by atoms with Crippen LogP contribution in [0, 0.1) is 10.1 Å². The maximum absolute atomic E-state index is 12.2. The first-order valence-electron chi connectivity index (χ1n) is 6.84. The van der Waals surface area contributed by atoms with E-state index < -0.39 is 22.3 Å². The van der Waals surface area contributed by atoms with Crippen molar-refractivity contribution in [3.05, 3.63) is 70.8 Å². The van der Waals surface area contributed by atoms with Gasteiger partial charge in [0, 0.05) is 17.7 Å². The van der Waals surface area contributed by atoms with Gasteiger partial charge in [-0.05, 0) is 25.1 Å². The van der Waals surface area contributed by atoms with Crippen molar-refractivity contribution >= 4 is 23.0 Å². The summed E-state index contributed by atoms with van der Waals surface area (Å²) in [6.45, 7) is 5.14. The second-order valence-electron chi connectivity index (χ2n) is 4.85. The first-order chi connectivity index (χ1) is 11.4. The number of nitro groups is 1. The van der Waals surface area contributed by atoms with Gasteiger partial charge in [0.25, 0.3) is 5.91 Å². The number of para-hydroxylation sites is 1. The number of rotatable bonds is 5. The summed E-state index contributed by atoms with van der Waals surface area (Å²) in [5.74, 6) is -0.981. The predicted molar refractivity (Wildman–Crippen MR) is 88.0 cm³/mol. The third kappa shape index (κ3) is 3.80. The van der Waals surface area contributed by atoms with E-state index in [1.165, 1.54) is 6.07 Å². The third-order valence-corrected chi connectivity index (χ3v) is 2.96. The fourth-order valence-electron chi connectivity index (χ4n) is 1.78. The Hall–Kier alpha value is -3.55. The van der Waals surface area contributed by atoms with Crippen LogP contribution in [0.5, 0.6) is 5.75 Å². The van der Waals surface area contributed by atoms with Crippen molar-refractivity contribution in [2.75, 3.05) is 5.01 Å². The Morgan fingerprint density at radius 3 is 2.46 bits per heavy atom. The number of phenols is 1. The van der Waals surface area contributed by atoms with E-state index in [0.717, 1.165) is 17.1 Å². The molecule has 8 heteroatoms. The van der Waals surface area contributed by atoms with Gasteiger partial charge >= 0.3 is 5.69 Å². The highest BCUT2D eigenvalue weighted by molar-refractivity contribution is 6.04. The van der Waals surface area contributed by atoms with Crippen molar-refractivity contribution in [1.29, 1.82) is 0 Å². The molecule has 24 heavy (non-hydrogen) atoms. The lowest BCUT2D eigenvalue weighted by molar-refractivity contribution is -0.385. The Morgan fingerprint density at radius 2 is 1.92 bits per heavy atom. The number of hydrogen-bond donors (Lipinski definition) is 1. The predicted octanol–water partition coefficient (Wildman–Crippen LogP) is 3.91. The van der Waals surface area contributed by atoms with Crippen LogP contribution in [0.1, 0.15) is 6.92 Å². The Morgan fingerprint density at radius 1 is 1.25 bits per heavy atom. The minimum Gasteiger partial charge on any atom is -0.502 e. The van der Waals surface area contributed by atoms with Gasteiger partial charge in [-0.2, -0.15) is 5.01 Å². The van der Waals surface area contributed by atoms with E-state index in [9.17, 15) is 20.0 Å². The number of phenolic OH excluding ortho intramolecular Hbond substituents is 1. The molecule has 1 N–H and O–H groups in total. The van der Waals surface area contributed by atoms with E-state index in [1.807, 2.05) is 0 Å². The maximum atomic E-state index is 12.2. The number of nitro benzene ring substituents is 1. The fourth-order valence-corrected chi connectivity index (χ4v) is 1.78. The summed E-state index contributed by atoms with van der Waals surface area (Å²) < 4.78 is 0. The normalized spacial score (nSPS) is 10.5. The van der Waals surface area contributed by atoms with Crippen molar-refractivity contribution in [2.24, 2.45) is 10.3 Å². The van der Waals surface area contributed by atoms with Crippen molar-refractivity contribution in [3.8, 4) is 5.75 Å². The molecule has 2 rings (SSSR count). The Bertz CT molecular complexity index is 818. The van der Waals surface area contributed by atoms with Crippen LogP contribution < -0.4 is 5.01 Å². The SMILES string of the molecule is C=C(C)C(=O)N(N=Nc1ccc([N+](=O)[O-])c(O)c1)c1ccccc1. The summed E-state index contributed by atoms with van der Waals surface area (Å²) in [6, 6.07) is 12.1. The summed E-state index contributed by atoms with van der Waals surface area (Å²) in [5, 5.41) is 29.1. The van der Waals surface area contributed by atoms with Gasteiger partial charge in [0.15, 0.2) is 5.75 Å². The molecule has 0 aliphatic rings. The van der Waals surface area contributed by atoms with Gasteiger partial charge < -0.3 is 5.11 Å². The second kappa shape index (κ2) is 7.14. The molecule has 2 aromatic rings. The molecular weight excluding hydrogens is 312 g/mol. The number of benzene rings is 2. The van der Waals surface area contributed by atoms with Crippen molar-refractivity contribution in [3.63, 3.8) is 0 Å². The maximum Gasteiger partial charge on any atom is 0.310 e. The molecule has 0 aliphatic carbocycles. The fraction of sp³-hybridized carbons (Fsp3) is 0.0625. The Kier molecular flexibility index (Phi) is 5.00. The highest BCUT2D eigenvalue weighted by Gasteiger charge is 2.17. The summed E-state index contributed by atoms with van der Waals surface area (Å²) in [7, 11) is 0. The number of anilines is 1. The van der Waals surface area contributed by atoms with Gasteiger partial charge in [0.05, 0.1) is 16.3 Å². The molecule has 0 spiro atoms. The molecule has 1 amide bonds. The number of carbonyl (C=O) groups is 1. The van der Waals surface area contributed by atoms with Gasteiger partial charge in [-0.1, -0.05) is 30.0 Å². The minimum atomic E-state index is -0.711. The lowest BCUT2D eigenvalue weighted by atomic mass is 10.2. The standard InChI is InChI=1S/C16H14N4O4/c1-11(2)16(22)19(13-6-4-3-5-7-13)18-17-12-8-9-14(20(23)24)15(21)10-12/h3-10,21H,1H2,2H3. The van der Waals surface area contributed by atoms with Crippen LogP contribution in [-0.4, -0.2) is 15.9 Å². The molecule has 0 bridgehead atoms. The largest absolute Gasteiger partial charge is 0.502 e. The minimum absolute atomic E-state index is 0.161. The van der Waals surface area contributed by atoms with Gasteiger partial charge in [-0.25, -0.2) is 0 Å². The lowest BCUT2D eigenvalue weighted by Gasteiger charge is -2.15. The van der Waals surface area contributed by atoms with Crippen LogP contribution in [0.15, 0.2) is 71.0 Å². The average Bonchev–Trinajstić information content (AvgIpc) is 2.55. The topological polar surface area (TPSA) is 108 Å². The van der Waals surface area contributed by atoms with Crippen LogP contribution in [-0.2, 0) is 4.79 Å². The van der Waals surface area contributed by atoms with Crippen LogP contribution in [0.25, 0.3) is 0 Å². The number of nitrogens with zero attached hydrogens (tertiary/aromatic N) is 4. The van der Waals surface area contributed by atoms with Crippen LogP contribution in [0.2, 0.25) is 0 Å². The molecule has 0 fully saturated rings. The second-order valence-corrected chi connectivity index (χ2v) is 4.85. The van der Waals surface area contributed by atoms with E-state index >= 15 is 0 Å². The number of hydrogen-bond acceptors (Lipinski definition) is 6. The Labute approximate surface area is 137 Å². The summed E-state index contributed by atoms with van der Waals surface area (Å²) in [5.41, 5.74) is 0.477. The zero-order chi connectivity index (χ0) is 17.7. The molecule has 2 aromatic carbocycles. The zero-order valence-electron chi connectivity index (χ0n) is 12.8. The summed E-state index contributed by atoms with van der Waals surface area (Å²) >= 11 is 0. The molecule has 0 unspecified atom stereocenters. The number of amides is 1. The molecule has 8 nitrogen and oxygen atoms in total. The molecule has 0 heterocycles. The quantitative estimate of drug-likeness (QED) is 0.389. The molecular formula is C16H14N4O4. The Balaban J connectivity index is 2.34. The van der Waals surface area contributed by atoms with Crippen LogP contribution in [0.4, 0.5) is 17.1 Å². The number of carbonyl (C=O) groups excluding carboxylic acids is 1. The highest BCUT2D eigenvalue weighted by atomic mass is 16.6. The lowest BCUT2D eigenvalue weighted by Crippen LogP contribution is -2.25. The first-order valence-corrected chi connectivity index (χ1v) is 6.84. The monoisotopic (exact) mass is 326 g/mol. The van der Waals surface area contributed by atoms with Crippen LogP contribution >= 0.6 is 0 Å². The summed E-state index contributed by atoms with van der Waals surface area (Å²) in [6.07, 6.45) is 0. The third-order valence-electron chi connectivity index (χ3n) is 2.96. The van der Waals surface area contributed by atoms with E-state index in [-0.39, 0.29) is 11.3 Å². The van der Waals surface area contributed by atoms with Gasteiger partial charge in [-0.15, -0.1) is 5.11 Å². The van der Waals surface area contributed by atoms with E-state index in [0.29, 0.717) is 5.69 Å². The molecule has 0 aromatic heterocycles. The molecule has 0 aliphatic heterocycles. The molecule has 0 saturated heterocycles. The van der Waals surface area contributed by atoms with E-state index in [1.54, 1.807) is 37.3 Å². The van der Waals surface area contributed by atoms with Crippen molar-refractivity contribution in [2.45, 2.75) is 6.92 Å². The van der Waals surface area contributed by atoms with Crippen molar-refractivity contribution < 1.29 is 14.8 Å². The number of aromatic hydroxyl groups is 1. The molecule has 0 atom stereocenters. The molecule has 0 saturated carbocycles. The molecule has 0 radical (unpaired) electrons. The molecule has 122 valence electrons. The van der Waals surface area contributed by atoms with E-state index in [4.69, 9.17) is 0 Å². The smallest absolute Gasteiger partial charge is 0.310 e. The van der Waals surface area contributed by atoms with Crippen molar-refractivity contribution in [1.82, 2.24) is 0 Å². The highest BCUT2D eigenvalue weighted by Crippen LogP contribution is 2.30. The van der Waals surface area contributed by atoms with Crippen LogP contribution in [0.3, 0.4) is 0 Å². The van der Waals surface area contributed by atoms with Gasteiger partial charge in [0.1, 0.15) is 0 Å². The first kappa shape index (κ1) is 16.8.